The average Bonchev–Trinajstić information content (AvgIpc) is 2.96. The summed E-state index contributed by atoms with van der Waals surface area (Å²) in [5.74, 6) is 0.259. The molecule has 1 heterocycles. The van der Waals surface area contributed by atoms with Crippen LogP contribution in [-0.4, -0.2) is 28.1 Å². The highest BCUT2D eigenvalue weighted by molar-refractivity contribution is 5.68. The number of hydrogen-bond donors (Lipinski definition) is 1. The Labute approximate surface area is 116 Å². The minimum absolute atomic E-state index is 0.0300. The first kappa shape index (κ1) is 13.9. The summed E-state index contributed by atoms with van der Waals surface area (Å²) >= 11 is 0. The van der Waals surface area contributed by atoms with Crippen LogP contribution >= 0.6 is 0 Å². The van der Waals surface area contributed by atoms with Crippen molar-refractivity contribution in [3.8, 4) is 5.75 Å². The van der Waals surface area contributed by atoms with E-state index in [1.54, 1.807) is 30.7 Å². The molecule has 1 N–H and O–H groups in total. The van der Waals surface area contributed by atoms with Gasteiger partial charge in [-0.15, -0.1) is 0 Å². The van der Waals surface area contributed by atoms with Crippen molar-refractivity contribution in [3.63, 3.8) is 0 Å². The molecule has 20 heavy (non-hydrogen) atoms. The number of ether oxygens (including phenoxy) is 1. The number of nitrogens with zero attached hydrogens (tertiary/aromatic N) is 3. The lowest BCUT2D eigenvalue weighted by molar-refractivity contribution is -0.384. The monoisotopic (exact) mass is 276 g/mol. The number of aromatic nitrogens is 2. The van der Waals surface area contributed by atoms with Crippen molar-refractivity contribution < 1.29 is 9.66 Å². The van der Waals surface area contributed by atoms with Crippen molar-refractivity contribution >= 4 is 11.4 Å². The molecule has 2 aromatic rings. The second-order valence-corrected chi connectivity index (χ2v) is 4.19. The van der Waals surface area contributed by atoms with Crippen molar-refractivity contribution in [2.75, 3.05) is 19.0 Å². The van der Waals surface area contributed by atoms with Crippen LogP contribution in [0.15, 0.2) is 36.9 Å². The summed E-state index contributed by atoms with van der Waals surface area (Å²) in [4.78, 5) is 14.6. The SMILES string of the molecule is COc1cccc(NCCCn2ccnc2)c1[N+](=O)[O-]. The summed E-state index contributed by atoms with van der Waals surface area (Å²) in [5.41, 5.74) is 0.442. The summed E-state index contributed by atoms with van der Waals surface area (Å²) in [6.07, 6.45) is 6.19. The minimum atomic E-state index is -0.433. The Hall–Kier alpha value is -2.57. The highest BCUT2D eigenvalue weighted by atomic mass is 16.6. The first-order valence-corrected chi connectivity index (χ1v) is 6.23. The van der Waals surface area contributed by atoms with Crippen LogP contribution < -0.4 is 10.1 Å². The van der Waals surface area contributed by atoms with E-state index in [9.17, 15) is 10.1 Å². The molecule has 0 saturated heterocycles. The van der Waals surface area contributed by atoms with Gasteiger partial charge in [0.2, 0.25) is 0 Å². The quantitative estimate of drug-likeness (QED) is 0.476. The predicted molar refractivity (Wildman–Crippen MR) is 75.0 cm³/mol. The van der Waals surface area contributed by atoms with E-state index >= 15 is 0 Å². The van der Waals surface area contributed by atoms with Crippen LogP contribution in [0.25, 0.3) is 0 Å². The van der Waals surface area contributed by atoms with E-state index in [0.29, 0.717) is 12.2 Å². The lowest BCUT2D eigenvalue weighted by atomic mass is 10.2. The molecule has 0 aliphatic heterocycles. The number of imidazole rings is 1. The molecule has 0 radical (unpaired) electrons. The van der Waals surface area contributed by atoms with Gasteiger partial charge in [-0.05, 0) is 18.6 Å². The fourth-order valence-electron chi connectivity index (χ4n) is 1.92. The third kappa shape index (κ3) is 3.25. The number of nitro groups is 1. The molecule has 0 bridgehead atoms. The minimum Gasteiger partial charge on any atom is -0.490 e. The summed E-state index contributed by atoms with van der Waals surface area (Å²) in [6.45, 7) is 1.44. The molecule has 7 heteroatoms. The number of anilines is 1. The van der Waals surface area contributed by atoms with Crippen LogP contribution in [0.5, 0.6) is 5.75 Å². The van der Waals surface area contributed by atoms with E-state index in [2.05, 4.69) is 10.3 Å². The molecule has 0 amide bonds. The zero-order valence-corrected chi connectivity index (χ0v) is 11.2. The topological polar surface area (TPSA) is 82.2 Å². The molecule has 0 atom stereocenters. The van der Waals surface area contributed by atoms with Crippen molar-refractivity contribution in [3.05, 3.63) is 47.0 Å². The molecule has 0 spiro atoms. The summed E-state index contributed by atoms with van der Waals surface area (Å²) in [5, 5.41) is 14.2. The number of methoxy groups -OCH3 is 1. The van der Waals surface area contributed by atoms with Gasteiger partial charge in [-0.3, -0.25) is 10.1 Å². The Morgan fingerprint density at radius 2 is 2.35 bits per heavy atom. The van der Waals surface area contributed by atoms with Gasteiger partial charge in [0.05, 0.1) is 18.4 Å². The van der Waals surface area contributed by atoms with E-state index < -0.39 is 4.92 Å². The van der Waals surface area contributed by atoms with E-state index in [1.165, 1.54) is 7.11 Å². The summed E-state index contributed by atoms with van der Waals surface area (Å²) in [6, 6.07) is 4.98. The Balaban J connectivity index is 1.96. The van der Waals surface area contributed by atoms with Crippen LogP contribution in [0.4, 0.5) is 11.4 Å². The maximum absolute atomic E-state index is 11.1. The molecule has 0 unspecified atom stereocenters. The number of benzene rings is 1. The number of hydrogen-bond acceptors (Lipinski definition) is 5. The van der Waals surface area contributed by atoms with E-state index in [0.717, 1.165) is 13.0 Å². The molecule has 0 aliphatic rings. The van der Waals surface area contributed by atoms with Gasteiger partial charge in [-0.2, -0.15) is 0 Å². The molecule has 1 aromatic heterocycles. The molecule has 0 fully saturated rings. The number of aryl methyl sites for hydroxylation is 1. The number of para-hydroxylation sites is 1. The van der Waals surface area contributed by atoms with Crippen LogP contribution in [0.3, 0.4) is 0 Å². The maximum Gasteiger partial charge on any atom is 0.333 e. The Bertz CT molecular complexity index is 569. The first-order valence-electron chi connectivity index (χ1n) is 6.23. The molecule has 1 aromatic carbocycles. The first-order chi connectivity index (χ1) is 9.72. The van der Waals surface area contributed by atoms with Crippen LogP contribution in [-0.2, 0) is 6.54 Å². The maximum atomic E-state index is 11.1. The Kier molecular flexibility index (Phi) is 4.54. The Morgan fingerprint density at radius 3 is 3.00 bits per heavy atom. The molecular weight excluding hydrogens is 260 g/mol. The molecule has 106 valence electrons. The molecule has 7 nitrogen and oxygen atoms in total. The number of rotatable bonds is 7. The zero-order valence-electron chi connectivity index (χ0n) is 11.2. The van der Waals surface area contributed by atoms with Crippen molar-refractivity contribution in [1.82, 2.24) is 9.55 Å². The van der Waals surface area contributed by atoms with Gasteiger partial charge in [-0.1, -0.05) is 6.07 Å². The molecular formula is C13H16N4O3. The highest BCUT2D eigenvalue weighted by Crippen LogP contribution is 2.34. The second kappa shape index (κ2) is 6.55. The average molecular weight is 276 g/mol. The fourth-order valence-corrected chi connectivity index (χ4v) is 1.92. The zero-order chi connectivity index (χ0) is 14.4. The van der Waals surface area contributed by atoms with Gasteiger partial charge >= 0.3 is 5.69 Å². The van der Waals surface area contributed by atoms with Crippen molar-refractivity contribution in [2.24, 2.45) is 0 Å². The van der Waals surface area contributed by atoms with Crippen LogP contribution in [0, 0.1) is 10.1 Å². The second-order valence-electron chi connectivity index (χ2n) is 4.19. The number of nitrogens with one attached hydrogen (secondary N) is 1. The van der Waals surface area contributed by atoms with E-state index in [1.807, 2.05) is 10.8 Å². The van der Waals surface area contributed by atoms with Crippen LogP contribution in [0.2, 0.25) is 0 Å². The van der Waals surface area contributed by atoms with Gasteiger partial charge < -0.3 is 14.6 Å². The summed E-state index contributed by atoms with van der Waals surface area (Å²) in [7, 11) is 1.42. The van der Waals surface area contributed by atoms with Crippen LogP contribution in [0.1, 0.15) is 6.42 Å². The van der Waals surface area contributed by atoms with E-state index in [-0.39, 0.29) is 11.4 Å². The van der Waals surface area contributed by atoms with Crippen molar-refractivity contribution in [1.29, 1.82) is 0 Å². The largest absolute Gasteiger partial charge is 0.490 e. The molecule has 0 aliphatic carbocycles. The van der Waals surface area contributed by atoms with Gasteiger partial charge in [0.1, 0.15) is 5.69 Å². The Morgan fingerprint density at radius 1 is 1.50 bits per heavy atom. The normalized spacial score (nSPS) is 10.2. The van der Waals surface area contributed by atoms with Gasteiger partial charge in [-0.25, -0.2) is 4.98 Å². The summed E-state index contributed by atoms with van der Waals surface area (Å²) < 4.78 is 6.98. The molecule has 0 saturated carbocycles. The van der Waals surface area contributed by atoms with Gasteiger partial charge in [0, 0.05) is 25.5 Å². The van der Waals surface area contributed by atoms with E-state index in [4.69, 9.17) is 4.74 Å². The highest BCUT2D eigenvalue weighted by Gasteiger charge is 2.19. The third-order valence-electron chi connectivity index (χ3n) is 2.87. The fraction of sp³-hybridized carbons (Fsp3) is 0.308. The van der Waals surface area contributed by atoms with Gasteiger partial charge in [0.15, 0.2) is 5.75 Å². The predicted octanol–water partition coefficient (Wildman–Crippen LogP) is 2.30. The van der Waals surface area contributed by atoms with Crippen molar-refractivity contribution in [2.45, 2.75) is 13.0 Å². The molecule has 2 rings (SSSR count). The van der Waals surface area contributed by atoms with Gasteiger partial charge in [0.25, 0.3) is 0 Å². The third-order valence-corrected chi connectivity index (χ3v) is 2.87. The number of nitro benzene ring substituents is 1. The lowest BCUT2D eigenvalue weighted by Gasteiger charge is -2.09. The lowest BCUT2D eigenvalue weighted by Crippen LogP contribution is -2.08. The smallest absolute Gasteiger partial charge is 0.333 e. The standard InChI is InChI=1S/C13H16N4O3/c1-20-12-5-2-4-11(13(12)17(18)19)15-6-3-8-16-9-7-14-10-16/h2,4-5,7,9-10,15H,3,6,8H2,1H3.